The summed E-state index contributed by atoms with van der Waals surface area (Å²) in [6.45, 7) is 11.0. The molecule has 0 aromatic heterocycles. The topological polar surface area (TPSA) is 26.3 Å². The average Bonchev–Trinajstić information content (AvgIpc) is 2.73. The standard InChI is InChI=1S/C25H30ClO2PSi/c1-25(2,3)30(4,5)28-24(20-16-18-21(26)19-17-20)29(27,22-12-8-6-9-13-22)23-14-10-7-11-15-23/h6-19,24H,1-5H3. The molecule has 2 nitrogen and oxygen atoms in total. The number of rotatable bonds is 6. The van der Waals surface area contributed by atoms with Gasteiger partial charge >= 0.3 is 0 Å². The van der Waals surface area contributed by atoms with E-state index < -0.39 is 21.3 Å². The SMILES string of the molecule is CC(C)(C)[Si](C)(C)OC(c1ccc(Cl)cc1)P(=O)(c1ccccc1)c1ccccc1. The summed E-state index contributed by atoms with van der Waals surface area (Å²) in [5, 5.41) is 2.24. The van der Waals surface area contributed by atoms with E-state index in [1.807, 2.05) is 84.9 Å². The predicted octanol–water partition coefficient (Wildman–Crippen LogP) is 7.37. The Morgan fingerprint density at radius 1 is 0.800 bits per heavy atom. The molecule has 0 spiro atoms. The molecule has 0 aliphatic heterocycles. The summed E-state index contributed by atoms with van der Waals surface area (Å²) in [5.74, 6) is -0.583. The first kappa shape index (κ1) is 23.0. The van der Waals surface area contributed by atoms with Crippen LogP contribution < -0.4 is 10.6 Å². The van der Waals surface area contributed by atoms with E-state index in [1.54, 1.807) is 0 Å². The second-order valence-corrected chi connectivity index (χ2v) is 17.1. The molecule has 3 rings (SSSR count). The van der Waals surface area contributed by atoms with Gasteiger partial charge in [0.15, 0.2) is 15.5 Å². The van der Waals surface area contributed by atoms with E-state index in [0.29, 0.717) is 5.02 Å². The van der Waals surface area contributed by atoms with Crippen LogP contribution in [0.25, 0.3) is 0 Å². The molecule has 158 valence electrons. The van der Waals surface area contributed by atoms with Gasteiger partial charge in [-0.25, -0.2) is 0 Å². The average molecular weight is 457 g/mol. The van der Waals surface area contributed by atoms with E-state index in [-0.39, 0.29) is 5.04 Å². The smallest absolute Gasteiger partial charge is 0.193 e. The van der Waals surface area contributed by atoms with E-state index >= 15 is 4.57 Å². The highest BCUT2D eigenvalue weighted by molar-refractivity contribution is 7.78. The van der Waals surface area contributed by atoms with Crippen LogP contribution in [-0.2, 0) is 8.99 Å². The van der Waals surface area contributed by atoms with Gasteiger partial charge in [-0.3, -0.25) is 0 Å². The fourth-order valence-electron chi connectivity index (χ4n) is 3.15. The zero-order chi connectivity index (χ0) is 22.0. The Bertz CT molecular complexity index is 969. The van der Waals surface area contributed by atoms with Crippen LogP contribution in [0.15, 0.2) is 84.9 Å². The molecular formula is C25H30ClO2PSi. The van der Waals surface area contributed by atoms with Gasteiger partial charge in [0.05, 0.1) is 0 Å². The number of benzene rings is 3. The van der Waals surface area contributed by atoms with Crippen LogP contribution in [0.1, 0.15) is 32.2 Å². The fraction of sp³-hybridized carbons (Fsp3) is 0.280. The van der Waals surface area contributed by atoms with E-state index in [9.17, 15) is 0 Å². The molecule has 0 aliphatic rings. The maximum absolute atomic E-state index is 15.1. The van der Waals surface area contributed by atoms with E-state index in [0.717, 1.165) is 16.2 Å². The molecule has 0 saturated heterocycles. The van der Waals surface area contributed by atoms with Crippen LogP contribution in [0, 0.1) is 0 Å². The van der Waals surface area contributed by atoms with Gasteiger partial charge in [0.25, 0.3) is 0 Å². The van der Waals surface area contributed by atoms with Crippen molar-refractivity contribution in [2.45, 2.75) is 44.7 Å². The monoisotopic (exact) mass is 456 g/mol. The van der Waals surface area contributed by atoms with Gasteiger partial charge in [0.1, 0.15) is 5.85 Å². The third-order valence-corrected chi connectivity index (χ3v) is 14.1. The van der Waals surface area contributed by atoms with Crippen LogP contribution in [0.2, 0.25) is 23.2 Å². The summed E-state index contributed by atoms with van der Waals surface area (Å²) in [6.07, 6.45) is 0. The van der Waals surface area contributed by atoms with Crippen molar-refractivity contribution in [3.05, 3.63) is 95.5 Å². The van der Waals surface area contributed by atoms with Crippen molar-refractivity contribution < 1.29 is 8.99 Å². The zero-order valence-corrected chi connectivity index (χ0v) is 21.0. The number of halogens is 1. The molecule has 30 heavy (non-hydrogen) atoms. The molecule has 3 aromatic rings. The summed E-state index contributed by atoms with van der Waals surface area (Å²) in [5.41, 5.74) is 0.889. The van der Waals surface area contributed by atoms with Crippen LogP contribution >= 0.6 is 18.7 Å². The van der Waals surface area contributed by atoms with Crippen LogP contribution in [0.5, 0.6) is 0 Å². The van der Waals surface area contributed by atoms with Crippen molar-refractivity contribution in [3.8, 4) is 0 Å². The highest BCUT2D eigenvalue weighted by Crippen LogP contribution is 2.60. The lowest BCUT2D eigenvalue weighted by Gasteiger charge is -2.41. The molecule has 0 fully saturated rings. The molecule has 0 amide bonds. The minimum atomic E-state index is -3.17. The molecule has 1 atom stereocenters. The number of hydrogen-bond donors (Lipinski definition) is 0. The normalized spacial score (nSPS) is 13.8. The van der Waals surface area contributed by atoms with Crippen molar-refractivity contribution in [1.29, 1.82) is 0 Å². The lowest BCUT2D eigenvalue weighted by molar-refractivity contribution is 0.254. The van der Waals surface area contributed by atoms with Crippen LogP contribution in [0.4, 0.5) is 0 Å². The largest absolute Gasteiger partial charge is 0.402 e. The fourth-order valence-corrected chi connectivity index (χ4v) is 8.37. The summed E-state index contributed by atoms with van der Waals surface area (Å²) < 4.78 is 22.0. The van der Waals surface area contributed by atoms with E-state index in [1.165, 1.54) is 0 Å². The van der Waals surface area contributed by atoms with Crippen LogP contribution in [-0.4, -0.2) is 8.32 Å². The van der Waals surface area contributed by atoms with Crippen molar-refractivity contribution in [2.24, 2.45) is 0 Å². The Labute approximate surface area is 186 Å². The maximum atomic E-state index is 15.1. The molecule has 3 aromatic carbocycles. The summed E-state index contributed by atoms with van der Waals surface area (Å²) in [6, 6.07) is 27.0. The third kappa shape index (κ3) is 4.65. The van der Waals surface area contributed by atoms with Gasteiger partial charge in [-0.05, 0) is 35.8 Å². The Hall–Kier alpha value is -1.64. The van der Waals surface area contributed by atoms with Gasteiger partial charge < -0.3 is 8.99 Å². The molecule has 0 aliphatic carbocycles. The lowest BCUT2D eigenvalue weighted by Crippen LogP contribution is -2.43. The van der Waals surface area contributed by atoms with Crippen molar-refractivity contribution in [1.82, 2.24) is 0 Å². The predicted molar refractivity (Wildman–Crippen MR) is 132 cm³/mol. The second kappa shape index (κ2) is 8.84. The Balaban J connectivity index is 2.27. The third-order valence-electron chi connectivity index (χ3n) is 5.98. The molecule has 0 saturated carbocycles. The summed E-state index contributed by atoms with van der Waals surface area (Å²) >= 11 is 6.17. The lowest BCUT2D eigenvalue weighted by atomic mass is 10.2. The van der Waals surface area contributed by atoms with Gasteiger partial charge in [-0.1, -0.05) is 105 Å². The Morgan fingerprint density at radius 2 is 1.23 bits per heavy atom. The second-order valence-electron chi connectivity index (χ2n) is 9.11. The van der Waals surface area contributed by atoms with Crippen molar-refractivity contribution in [3.63, 3.8) is 0 Å². The van der Waals surface area contributed by atoms with Gasteiger partial charge in [0, 0.05) is 15.6 Å². The van der Waals surface area contributed by atoms with Crippen LogP contribution in [0.3, 0.4) is 0 Å². The Morgan fingerprint density at radius 3 is 1.63 bits per heavy atom. The molecule has 0 N–H and O–H groups in total. The van der Waals surface area contributed by atoms with E-state index in [2.05, 4.69) is 33.9 Å². The molecule has 0 heterocycles. The van der Waals surface area contributed by atoms with Crippen molar-refractivity contribution >= 4 is 37.7 Å². The van der Waals surface area contributed by atoms with Crippen molar-refractivity contribution in [2.75, 3.05) is 0 Å². The highest BCUT2D eigenvalue weighted by Gasteiger charge is 2.46. The first-order valence-electron chi connectivity index (χ1n) is 10.2. The molecule has 5 heteroatoms. The molecule has 0 bridgehead atoms. The Kier molecular flexibility index (Phi) is 6.79. The maximum Gasteiger partial charge on any atom is 0.193 e. The van der Waals surface area contributed by atoms with Gasteiger partial charge in [-0.2, -0.15) is 0 Å². The van der Waals surface area contributed by atoms with E-state index in [4.69, 9.17) is 16.0 Å². The first-order valence-corrected chi connectivity index (χ1v) is 15.3. The zero-order valence-electron chi connectivity index (χ0n) is 18.3. The number of hydrogen-bond acceptors (Lipinski definition) is 2. The highest BCUT2D eigenvalue weighted by atomic mass is 35.5. The summed E-state index contributed by atoms with van der Waals surface area (Å²) in [7, 11) is -5.41. The summed E-state index contributed by atoms with van der Waals surface area (Å²) in [4.78, 5) is 0. The molecule has 0 radical (unpaired) electrons. The minimum Gasteiger partial charge on any atom is -0.402 e. The molecule has 1 unspecified atom stereocenters. The molecular weight excluding hydrogens is 427 g/mol. The minimum absolute atomic E-state index is 0.0180. The first-order chi connectivity index (χ1) is 14.1. The van der Waals surface area contributed by atoms with Gasteiger partial charge in [0.2, 0.25) is 0 Å². The van der Waals surface area contributed by atoms with Gasteiger partial charge in [-0.15, -0.1) is 0 Å². The quantitative estimate of drug-likeness (QED) is 0.286.